The summed E-state index contributed by atoms with van der Waals surface area (Å²) in [6, 6.07) is 64.9. The highest BCUT2D eigenvalue weighted by molar-refractivity contribution is 9.11. The molecule has 16 rings (SSSR count). The van der Waals surface area contributed by atoms with Crippen LogP contribution in [0.4, 0.5) is 0 Å². The molecule has 0 saturated heterocycles. The molecule has 6 aliphatic rings. The number of hydrogen-bond donors (Lipinski definition) is 3. The summed E-state index contributed by atoms with van der Waals surface area (Å²) in [5.41, 5.74) is -0.0670. The Morgan fingerprint density at radius 2 is 0.860 bits per heavy atom. The molecule has 0 radical (unpaired) electrons. The summed E-state index contributed by atoms with van der Waals surface area (Å²) in [6.07, 6.45) is 12.4. The molecule has 3 aliphatic heterocycles. The Labute approximate surface area is 577 Å². The van der Waals surface area contributed by atoms with Crippen LogP contribution in [-0.4, -0.2) is 50.3 Å². The van der Waals surface area contributed by atoms with Crippen LogP contribution in [-0.2, 0) is 43.4 Å². The van der Waals surface area contributed by atoms with Gasteiger partial charge in [-0.2, -0.15) is 0 Å². The van der Waals surface area contributed by atoms with E-state index in [1.165, 1.54) is 6.20 Å². The lowest BCUT2D eigenvalue weighted by atomic mass is 9.72. The van der Waals surface area contributed by atoms with Crippen LogP contribution in [0.25, 0.3) is 0 Å². The van der Waals surface area contributed by atoms with E-state index in [1.807, 2.05) is 183 Å². The van der Waals surface area contributed by atoms with E-state index in [2.05, 4.69) is 67.7 Å². The fraction of sp³-hybridized carbons (Fsp3) is 0.162. The molecule has 1 saturated carbocycles. The fourth-order valence-corrected chi connectivity index (χ4v) is 16.5. The third kappa shape index (κ3) is 10.2. The van der Waals surface area contributed by atoms with Crippen LogP contribution in [0.5, 0.6) is 17.2 Å². The monoisotopic (exact) mass is 1500 g/mol. The Morgan fingerprint density at radius 3 is 1.28 bits per heavy atom. The molecule has 3 aliphatic carbocycles. The van der Waals surface area contributed by atoms with E-state index in [0.717, 1.165) is 46.8 Å². The van der Waals surface area contributed by atoms with Crippen LogP contribution in [0.1, 0.15) is 80.2 Å². The van der Waals surface area contributed by atoms with Gasteiger partial charge >= 0.3 is 0 Å². The molecule has 9 atom stereocenters. The first-order valence-corrected chi connectivity index (χ1v) is 34.8. The molecule has 1 fully saturated rings. The third-order valence-electron chi connectivity index (χ3n) is 18.4. The van der Waals surface area contributed by atoms with Crippen molar-refractivity contribution in [2.45, 2.75) is 69.6 Å². The molecule has 12 nitrogen and oxygen atoms in total. The van der Waals surface area contributed by atoms with Gasteiger partial charge in [-0.1, -0.05) is 240 Å². The number of aromatic nitrogens is 3. The van der Waals surface area contributed by atoms with Crippen LogP contribution >= 0.6 is 82.6 Å². The van der Waals surface area contributed by atoms with Crippen LogP contribution in [0.2, 0.25) is 15.1 Å². The summed E-state index contributed by atoms with van der Waals surface area (Å²) in [4.78, 5) is 18.1. The zero-order valence-electron chi connectivity index (χ0n) is 49.2. The number of aryl methyl sites for hydroxylation is 1. The largest absolute Gasteiger partial charge is 0.476 e. The summed E-state index contributed by atoms with van der Waals surface area (Å²) >= 11 is 29.0. The first kappa shape index (κ1) is 63.1. The molecule has 0 spiro atoms. The normalized spacial score (nSPS) is 26.6. The molecule has 10 aromatic rings. The van der Waals surface area contributed by atoms with Gasteiger partial charge in [-0.25, -0.2) is 8.42 Å². The number of ether oxygens (including phenoxy) is 3. The second kappa shape index (κ2) is 24.2. The van der Waals surface area contributed by atoms with E-state index in [-0.39, 0.29) is 28.8 Å². The van der Waals surface area contributed by atoms with E-state index in [4.69, 9.17) is 49.0 Å². The van der Waals surface area contributed by atoms with Gasteiger partial charge in [0.15, 0.2) is 43.4 Å². The molecule has 3 aromatic heterocycles. The van der Waals surface area contributed by atoms with Crippen molar-refractivity contribution in [3.8, 4) is 17.2 Å². The van der Waals surface area contributed by atoms with Crippen LogP contribution in [0.15, 0.2) is 272 Å². The predicted octanol–water partition coefficient (Wildman–Crippen LogP) is 17.0. The minimum absolute atomic E-state index is 0.175. The number of hydrogen-bond acceptors (Lipinski definition) is 12. The molecule has 3 N–H and O–H groups in total. The van der Waals surface area contributed by atoms with Gasteiger partial charge in [-0.05, 0) is 89.9 Å². The highest BCUT2D eigenvalue weighted by atomic mass is 79.9. The summed E-state index contributed by atoms with van der Waals surface area (Å²) in [5, 5.41) is 37.8. The van der Waals surface area contributed by atoms with Crippen molar-refractivity contribution >= 4 is 98.1 Å². The van der Waals surface area contributed by atoms with Gasteiger partial charge in [-0.3, -0.25) is 19.9 Å². The lowest BCUT2D eigenvalue weighted by Gasteiger charge is -2.40. The SMILES string of the molecule is Cc1ccc(S(=O)(=O)CN=C2C[C@@H](c3ccccc3)[C@]3(c4ccc(Br)cc4)Oc4cc(Cl)cnc4[C@]23O)cc1.O[C@@]12C=C[C@@H](c3ccccc3)[C@]1(c1ccc(Br)cc1)Oc1cc(Cl)cnc12.O[C@@]12C=C[C@@H](c3ccccc3)[C@]1(c1ccc(Br)cc1)Oc1cc(Cl)cnc12. The molecule has 6 heterocycles. The second-order valence-corrected chi connectivity index (χ2v) is 29.6. The van der Waals surface area contributed by atoms with Crippen molar-refractivity contribution in [3.05, 3.63) is 334 Å². The maximum Gasteiger partial charge on any atom is 0.198 e. The second-order valence-electron chi connectivity index (χ2n) is 23.6. The van der Waals surface area contributed by atoms with E-state index in [9.17, 15) is 23.7 Å². The number of benzene rings is 7. The number of aliphatic hydroxyl groups is 3. The number of aliphatic imine (C=N–C) groups is 1. The Hall–Kier alpha value is -7.32. The Bertz CT molecular complexity index is 4570. The van der Waals surface area contributed by atoms with Gasteiger partial charge in [-0.15, -0.1) is 0 Å². The molecule has 93 heavy (non-hydrogen) atoms. The molecule has 19 heteroatoms. The smallest absolute Gasteiger partial charge is 0.198 e. The van der Waals surface area contributed by atoms with Gasteiger partial charge < -0.3 is 29.5 Å². The van der Waals surface area contributed by atoms with Crippen molar-refractivity contribution in [2.75, 3.05) is 5.88 Å². The zero-order chi connectivity index (χ0) is 64.7. The number of halogens is 6. The molecule has 0 unspecified atom stereocenters. The van der Waals surface area contributed by atoms with Gasteiger partial charge in [0.25, 0.3) is 0 Å². The number of pyridine rings is 3. The highest BCUT2D eigenvalue weighted by Gasteiger charge is 2.73. The Kier molecular flexibility index (Phi) is 16.4. The number of rotatable bonds is 9. The first-order valence-electron chi connectivity index (χ1n) is 29.6. The van der Waals surface area contributed by atoms with E-state index >= 15 is 0 Å². The van der Waals surface area contributed by atoms with Crippen molar-refractivity contribution in [1.82, 2.24) is 15.0 Å². The maximum absolute atomic E-state index is 13.3. The van der Waals surface area contributed by atoms with Crippen LogP contribution in [0, 0.1) is 6.92 Å². The number of sulfone groups is 1. The quantitative estimate of drug-likeness (QED) is 0.117. The van der Waals surface area contributed by atoms with Crippen LogP contribution < -0.4 is 14.2 Å². The third-order valence-corrected chi connectivity index (χ3v) is 22.1. The Morgan fingerprint density at radius 1 is 0.495 bits per heavy atom. The lowest BCUT2D eigenvalue weighted by molar-refractivity contribution is -0.0875. The van der Waals surface area contributed by atoms with Crippen LogP contribution in [0.3, 0.4) is 0 Å². The fourth-order valence-electron chi connectivity index (χ4n) is 14.2. The summed E-state index contributed by atoms with van der Waals surface area (Å²) in [6.45, 7) is 1.90. The average Bonchev–Trinajstić information content (AvgIpc) is 1.55. The highest BCUT2D eigenvalue weighted by Crippen LogP contribution is 2.67. The molecule has 0 amide bonds. The summed E-state index contributed by atoms with van der Waals surface area (Å²) in [7, 11) is -3.76. The molecule has 466 valence electrons. The van der Waals surface area contributed by atoms with Crippen molar-refractivity contribution in [2.24, 2.45) is 4.99 Å². The lowest BCUT2D eigenvalue weighted by Crippen LogP contribution is -2.51. The predicted molar refractivity (Wildman–Crippen MR) is 370 cm³/mol. The maximum atomic E-state index is 13.3. The zero-order valence-corrected chi connectivity index (χ0v) is 57.0. The number of nitrogens with zero attached hydrogens (tertiary/aromatic N) is 4. The number of fused-ring (bicyclic) bond motifs is 9. The van der Waals surface area contributed by atoms with Gasteiger partial charge in [0.05, 0.1) is 25.7 Å². The van der Waals surface area contributed by atoms with Gasteiger partial charge in [0.2, 0.25) is 0 Å². The molecule has 7 aromatic carbocycles. The Balaban J connectivity index is 0.000000124. The van der Waals surface area contributed by atoms with E-state index in [1.54, 1.807) is 67.0 Å². The van der Waals surface area contributed by atoms with Gasteiger partial charge in [0.1, 0.15) is 40.2 Å². The average molecular weight is 1510 g/mol. The summed E-state index contributed by atoms with van der Waals surface area (Å²) in [5.74, 6) is 0.0718. The molecular weight excluding hydrogens is 1450 g/mol. The molecular formula is C74H54Br3Cl3N4O8S. The van der Waals surface area contributed by atoms with Crippen molar-refractivity contribution < 1.29 is 37.9 Å². The van der Waals surface area contributed by atoms with Gasteiger partial charge in [0, 0.05) is 85.5 Å². The minimum atomic E-state index is -3.76. The van der Waals surface area contributed by atoms with E-state index in [0.29, 0.717) is 55.0 Å². The van der Waals surface area contributed by atoms with Crippen molar-refractivity contribution in [1.29, 1.82) is 0 Å². The minimum Gasteiger partial charge on any atom is -0.476 e. The topological polar surface area (TPSA) is 174 Å². The van der Waals surface area contributed by atoms with Crippen molar-refractivity contribution in [3.63, 3.8) is 0 Å². The first-order chi connectivity index (χ1) is 44.7. The standard InChI is InChI=1S/C30H24BrClN2O4S.2C22H15BrClNO2/c1-19-7-13-24(14-8-19)39(36,37)18-34-27-16-25(20-5-3-2-4-6-20)30(21-9-11-22(31)12-10-21)29(27,35)28-26(38-30)15-23(32)17-33-28;2*23-16-8-6-15(7-9-16)22-18(14-4-2-1-3-5-14)10-11-21(22,26)20-19(27-22)12-17(24)13-25-20/h2-15,17,25,35H,16,18H2,1H3;2*1-13,18,26H/t25-,29+,30-;2*18-,21+,22-/m000/s1. The van der Waals surface area contributed by atoms with E-state index < -0.39 is 55.2 Å². The molecule has 0 bridgehead atoms. The summed E-state index contributed by atoms with van der Waals surface area (Å²) < 4.78 is 49.1.